The zero-order chi connectivity index (χ0) is 26.7. The number of aromatic nitrogens is 4. The molecule has 0 saturated heterocycles. The number of hydrogen-bond acceptors (Lipinski definition) is 6. The molecule has 5 aromatic rings. The number of benzene rings is 1. The molecule has 1 aromatic carbocycles. The summed E-state index contributed by atoms with van der Waals surface area (Å²) in [6.45, 7) is 4.60. The van der Waals surface area contributed by atoms with Crippen molar-refractivity contribution in [3.63, 3.8) is 0 Å². The van der Waals surface area contributed by atoms with Gasteiger partial charge in [-0.3, -0.25) is 0 Å². The molecule has 0 spiro atoms. The first kappa shape index (κ1) is 25.4. The molecule has 0 radical (unpaired) electrons. The van der Waals surface area contributed by atoms with Crippen LogP contribution in [0.1, 0.15) is 33.9 Å². The normalized spacial score (nSPS) is 11.3. The summed E-state index contributed by atoms with van der Waals surface area (Å²) in [6.07, 6.45) is 7.42. The van der Waals surface area contributed by atoms with Crippen molar-refractivity contribution >= 4 is 6.07 Å². The summed E-state index contributed by atoms with van der Waals surface area (Å²) in [5.41, 5.74) is 6.74. The van der Waals surface area contributed by atoms with Crippen LogP contribution in [0.15, 0.2) is 116 Å². The molecule has 0 bridgehead atoms. The number of hydrogen-bond donors (Lipinski definition) is 0. The third kappa shape index (κ3) is 7.86. The third-order valence-corrected chi connectivity index (χ3v) is 6.86. The maximum absolute atomic E-state index is 4.57. The molecule has 0 fully saturated rings. The zero-order valence-electron chi connectivity index (χ0n) is 21.7. The van der Waals surface area contributed by atoms with Crippen molar-refractivity contribution in [1.82, 2.24) is 29.7 Å². The Hall–Kier alpha value is -5.26. The molecule has 6 nitrogen and oxygen atoms in total. The molecule has 0 atom stereocenters. The van der Waals surface area contributed by atoms with Crippen LogP contribution in [-0.4, -0.2) is 29.7 Å². The van der Waals surface area contributed by atoms with E-state index in [-0.39, 0.29) is 0 Å². The van der Waals surface area contributed by atoms with Gasteiger partial charge in [0.1, 0.15) is 0 Å². The van der Waals surface area contributed by atoms with Crippen molar-refractivity contribution in [3.05, 3.63) is 150 Å². The van der Waals surface area contributed by atoms with Crippen molar-refractivity contribution in [3.8, 4) is 0 Å². The predicted octanol–water partition coefficient (Wildman–Crippen LogP) is 4.85. The number of nitrogens with zero attached hydrogens (tertiary/aromatic N) is 6. The van der Waals surface area contributed by atoms with Gasteiger partial charge in [0.05, 0.1) is 0 Å². The van der Waals surface area contributed by atoms with Gasteiger partial charge in [-0.25, -0.2) is 0 Å². The van der Waals surface area contributed by atoms with Gasteiger partial charge in [-0.2, -0.15) is 0 Å². The van der Waals surface area contributed by atoms with Crippen LogP contribution in [0.5, 0.6) is 0 Å². The molecule has 39 heavy (non-hydrogen) atoms. The van der Waals surface area contributed by atoms with Gasteiger partial charge in [-0.1, -0.05) is 0 Å². The van der Waals surface area contributed by atoms with E-state index in [4.69, 9.17) is 0 Å². The topological polar surface area (TPSA) is 58.0 Å². The fraction of sp³-hybridized carbons (Fsp3) is 0.188. The summed E-state index contributed by atoms with van der Waals surface area (Å²) < 4.78 is 2.66. The number of rotatable bonds is 12. The van der Waals surface area contributed by atoms with E-state index in [0.717, 1.165) is 62.0 Å². The second-order valence-electron chi connectivity index (χ2n) is 9.47. The van der Waals surface area contributed by atoms with Gasteiger partial charge in [0, 0.05) is 0 Å². The van der Waals surface area contributed by atoms with Crippen molar-refractivity contribution in [2.75, 3.05) is 0 Å². The van der Waals surface area contributed by atoms with E-state index in [1.807, 2.05) is 73.3 Å². The maximum atomic E-state index is 4.57. The molecule has 0 unspecified atom stereocenters. The van der Waals surface area contributed by atoms with Crippen molar-refractivity contribution < 1.29 is 0 Å². The van der Waals surface area contributed by atoms with E-state index < -0.39 is 0 Å². The molecule has 7 heteroatoms. The summed E-state index contributed by atoms with van der Waals surface area (Å²) in [7, 11) is 0. The monoisotopic (exact) mass is 761 g/mol. The van der Waals surface area contributed by atoms with E-state index in [1.54, 1.807) is 0 Å². The van der Waals surface area contributed by atoms with Crippen molar-refractivity contribution in [2.24, 2.45) is 0 Å². The minimum atomic E-state index is 0.752. The van der Waals surface area contributed by atoms with Crippen LogP contribution >= 0.6 is 0 Å². The van der Waals surface area contributed by atoms with Crippen LogP contribution in [0.25, 0.3) is 0 Å². The van der Waals surface area contributed by atoms with Gasteiger partial charge in [-0.15, -0.1) is 0 Å². The molecule has 0 N–H and O–H groups in total. The van der Waals surface area contributed by atoms with Gasteiger partial charge in [-0.05, 0) is 0 Å². The van der Waals surface area contributed by atoms with E-state index in [0.29, 0.717) is 0 Å². The van der Waals surface area contributed by atoms with Gasteiger partial charge in [0.2, 0.25) is 0 Å². The first-order valence-corrected chi connectivity index (χ1v) is 14.0. The second kappa shape index (κ2) is 12.8. The SMILES string of the molecule is [Lr][c]1cc(CN(Cc2ccccn2)Cc2ccccn2)cc(CN(Cc2ccccn2)Cc2ccccn2)c1. The van der Waals surface area contributed by atoms with Crippen LogP contribution < -0.4 is 6.07 Å². The van der Waals surface area contributed by atoms with Crippen LogP contribution in [0.4, 0.5) is 0 Å². The second-order valence-corrected chi connectivity index (χ2v) is 10.7. The van der Waals surface area contributed by atoms with Gasteiger partial charge < -0.3 is 0 Å². The Balaban J connectivity index is 1.36. The summed E-state index contributed by atoms with van der Waals surface area (Å²) in [4.78, 5) is 23.1. The molecule has 4 heterocycles. The van der Waals surface area contributed by atoms with Crippen molar-refractivity contribution in [2.45, 2.75) is 39.3 Å². The Labute approximate surface area is 224 Å². The average Bonchev–Trinajstić information content (AvgIpc) is 2.95. The summed E-state index contributed by atoms with van der Waals surface area (Å²) in [6, 6.07) is 32.4. The first-order chi connectivity index (χ1) is 19.2. The number of pyridine rings is 4. The molecular formula is C32H31LrN6. The van der Waals surface area contributed by atoms with E-state index >= 15 is 0 Å². The molecule has 0 aliphatic carbocycles. The molecule has 204 valence electrons. The van der Waals surface area contributed by atoms with Crippen LogP contribution in [0.3, 0.4) is 0 Å². The molecule has 0 saturated carbocycles. The summed E-state index contributed by atoms with van der Waals surface area (Å²) in [5.74, 6) is 0. The fourth-order valence-electron chi connectivity index (χ4n) is 4.59. The van der Waals surface area contributed by atoms with Crippen LogP contribution in [0, 0.1) is 0 Å². The van der Waals surface area contributed by atoms with Crippen molar-refractivity contribution in [1.29, 1.82) is 0 Å². The molecule has 0 amide bonds. The third-order valence-electron chi connectivity index (χ3n) is 6.24. The zero-order valence-corrected chi connectivity index (χ0v) is 23.8. The van der Waals surface area contributed by atoms with Gasteiger partial charge in [0.25, 0.3) is 0 Å². The van der Waals surface area contributed by atoms with Gasteiger partial charge >= 0.3 is 225 Å². The summed E-state index contributed by atoms with van der Waals surface area (Å²) >= 11 is 0. The van der Waals surface area contributed by atoms with Crippen LogP contribution in [-0.2, 0) is 39.3 Å². The first-order valence-electron chi connectivity index (χ1n) is 13.0. The molecular weight excluding hydrogens is 730 g/mol. The Bertz CT molecular complexity index is 1230. The van der Waals surface area contributed by atoms with E-state index in [9.17, 15) is 0 Å². The Morgan fingerprint density at radius 3 is 1.05 bits per heavy atom. The summed E-state index contributed by atoms with van der Waals surface area (Å²) in [5, 5.41) is 0. The average molecular weight is 762 g/mol. The fourth-order valence-corrected chi connectivity index (χ4v) is 5.39. The van der Waals surface area contributed by atoms with E-state index in [1.165, 1.54) is 17.2 Å². The predicted molar refractivity (Wildman–Crippen MR) is 149 cm³/mol. The Kier molecular flexibility index (Phi) is 8.34. The van der Waals surface area contributed by atoms with E-state index in [2.05, 4.69) is 72.2 Å². The van der Waals surface area contributed by atoms with Gasteiger partial charge in [0.15, 0.2) is 0 Å². The standard InChI is InChI=1S/C32H31N6.Lr/c1-5-16-33-29(12-1)23-37(24-30-13-2-6-17-34-30)21-27-10-9-11-28(20-27)22-38(25-31-14-3-7-18-35-31)26-32-15-4-8-19-36-32;/h1-8,10-20H,21-26H2;. The minimum absolute atomic E-state index is 0.752. The molecule has 0 aliphatic rings. The van der Waals surface area contributed by atoms with Crippen LogP contribution in [0.2, 0.25) is 0 Å². The quantitative estimate of drug-likeness (QED) is 0.182. The molecule has 4 aromatic heterocycles. The Morgan fingerprint density at radius 2 is 0.769 bits per heavy atom. The Morgan fingerprint density at radius 1 is 0.436 bits per heavy atom. The molecule has 0 aliphatic heterocycles. The molecule has 5 rings (SSSR count).